The summed E-state index contributed by atoms with van der Waals surface area (Å²) in [5.41, 5.74) is 1.57. The maximum absolute atomic E-state index is 13.1. The fraction of sp³-hybridized carbons (Fsp3) is 0.105. The van der Waals surface area contributed by atoms with Gasteiger partial charge in [-0.1, -0.05) is 11.6 Å². The second-order valence-electron chi connectivity index (χ2n) is 6.03. The zero-order chi connectivity index (χ0) is 19.1. The molecule has 6 nitrogen and oxygen atoms in total. The van der Waals surface area contributed by atoms with E-state index in [2.05, 4.69) is 5.10 Å². The molecule has 0 bridgehead atoms. The van der Waals surface area contributed by atoms with Crippen LogP contribution < -0.4 is 11.4 Å². The molecule has 0 aliphatic carbocycles. The summed E-state index contributed by atoms with van der Waals surface area (Å²) in [6.45, 7) is 1.79. The van der Waals surface area contributed by atoms with Crippen LogP contribution >= 0.6 is 11.6 Å². The summed E-state index contributed by atoms with van der Waals surface area (Å²) in [5, 5.41) is 5.24. The van der Waals surface area contributed by atoms with Crippen molar-refractivity contribution >= 4 is 22.6 Å². The number of nitrogens with zero attached hydrogens (tertiary/aromatic N) is 2. The number of halogens is 2. The van der Waals surface area contributed by atoms with Gasteiger partial charge in [-0.3, -0.25) is 0 Å². The van der Waals surface area contributed by atoms with Gasteiger partial charge in [-0.15, -0.1) is 5.10 Å². The van der Waals surface area contributed by atoms with E-state index < -0.39 is 17.2 Å². The minimum absolute atomic E-state index is 0.00891. The Morgan fingerprint density at radius 2 is 1.85 bits per heavy atom. The van der Waals surface area contributed by atoms with Gasteiger partial charge < -0.3 is 8.83 Å². The second-order valence-corrected chi connectivity index (χ2v) is 6.43. The Labute approximate surface area is 156 Å². The van der Waals surface area contributed by atoms with Crippen molar-refractivity contribution in [1.82, 2.24) is 9.78 Å². The third-order valence-corrected chi connectivity index (χ3v) is 4.53. The monoisotopic (exact) mass is 386 g/mol. The molecule has 2 heterocycles. The van der Waals surface area contributed by atoms with E-state index in [4.69, 9.17) is 20.4 Å². The van der Waals surface area contributed by atoms with E-state index in [9.17, 15) is 14.0 Å². The lowest BCUT2D eigenvalue weighted by Gasteiger charge is -2.06. The van der Waals surface area contributed by atoms with Crippen molar-refractivity contribution in [2.75, 3.05) is 0 Å². The zero-order valence-corrected chi connectivity index (χ0v) is 14.8. The zero-order valence-electron chi connectivity index (χ0n) is 14.0. The Kier molecular flexibility index (Phi) is 4.16. The summed E-state index contributed by atoms with van der Waals surface area (Å²) < 4.78 is 24.5. The molecule has 0 saturated heterocycles. The van der Waals surface area contributed by atoms with Crippen molar-refractivity contribution in [1.29, 1.82) is 0 Å². The van der Waals surface area contributed by atoms with Gasteiger partial charge in [0.25, 0.3) is 0 Å². The van der Waals surface area contributed by atoms with Crippen LogP contribution in [-0.4, -0.2) is 9.78 Å². The predicted molar refractivity (Wildman–Crippen MR) is 97.5 cm³/mol. The van der Waals surface area contributed by atoms with E-state index in [-0.39, 0.29) is 12.4 Å². The highest BCUT2D eigenvalue weighted by Gasteiger charge is 2.14. The molecule has 0 fully saturated rings. The van der Waals surface area contributed by atoms with Gasteiger partial charge in [0.05, 0.1) is 6.54 Å². The van der Waals surface area contributed by atoms with Crippen LogP contribution in [0.5, 0.6) is 0 Å². The molecule has 0 atom stereocenters. The first-order valence-corrected chi connectivity index (χ1v) is 8.35. The molecule has 0 N–H and O–H groups in total. The highest BCUT2D eigenvalue weighted by molar-refractivity contribution is 6.32. The molecule has 2 aromatic carbocycles. The Hall–Kier alpha value is -3.19. The molecule has 136 valence electrons. The number of benzene rings is 2. The van der Waals surface area contributed by atoms with Crippen LogP contribution in [0.2, 0.25) is 5.02 Å². The largest absolute Gasteiger partial charge is 0.437 e. The molecule has 4 rings (SSSR count). The molecule has 0 spiro atoms. The lowest BCUT2D eigenvalue weighted by molar-refractivity contribution is 0.494. The number of aromatic nitrogens is 2. The Balaban J connectivity index is 1.79. The van der Waals surface area contributed by atoms with Gasteiger partial charge in [0.2, 0.25) is 5.89 Å². The van der Waals surface area contributed by atoms with Crippen molar-refractivity contribution < 1.29 is 13.2 Å². The van der Waals surface area contributed by atoms with Crippen molar-refractivity contribution in [3.8, 4) is 11.5 Å². The summed E-state index contributed by atoms with van der Waals surface area (Å²) in [6, 6.07) is 10.0. The van der Waals surface area contributed by atoms with E-state index in [1.807, 2.05) is 0 Å². The van der Waals surface area contributed by atoms with Crippen LogP contribution in [0.25, 0.3) is 22.4 Å². The Morgan fingerprint density at radius 3 is 2.59 bits per heavy atom. The van der Waals surface area contributed by atoms with Crippen LogP contribution in [0, 0.1) is 12.7 Å². The molecule has 27 heavy (non-hydrogen) atoms. The van der Waals surface area contributed by atoms with Crippen LogP contribution in [0.3, 0.4) is 0 Å². The average Bonchev–Trinajstić information content (AvgIpc) is 2.98. The standard InChI is InChI=1S/C19H12ClFN2O4/c1-10-6-16-14(8-15(10)20)12(7-17(24)26-16)9-23-19(25)27-18(22-23)11-2-4-13(21)5-3-11/h2-8H,9H2,1H3. The smallest absolute Gasteiger partial charge is 0.423 e. The molecule has 0 amide bonds. The van der Waals surface area contributed by atoms with Crippen LogP contribution in [0.1, 0.15) is 11.1 Å². The van der Waals surface area contributed by atoms with E-state index in [0.29, 0.717) is 27.1 Å². The quantitative estimate of drug-likeness (QED) is 0.501. The van der Waals surface area contributed by atoms with E-state index in [1.165, 1.54) is 30.3 Å². The lowest BCUT2D eigenvalue weighted by Crippen LogP contribution is -2.17. The third-order valence-electron chi connectivity index (χ3n) is 4.13. The number of fused-ring (bicyclic) bond motifs is 1. The van der Waals surface area contributed by atoms with Crippen LogP contribution in [0.4, 0.5) is 4.39 Å². The van der Waals surface area contributed by atoms with Crippen molar-refractivity contribution in [3.63, 3.8) is 0 Å². The molecular weight excluding hydrogens is 375 g/mol. The molecule has 4 aromatic rings. The Bertz CT molecular complexity index is 1270. The van der Waals surface area contributed by atoms with Gasteiger partial charge in [-0.05, 0) is 54.4 Å². The number of rotatable bonds is 3. The first kappa shape index (κ1) is 17.2. The summed E-state index contributed by atoms with van der Waals surface area (Å²) >= 11 is 6.18. The second kappa shape index (κ2) is 6.51. The Morgan fingerprint density at radius 1 is 1.11 bits per heavy atom. The van der Waals surface area contributed by atoms with Gasteiger partial charge >= 0.3 is 11.4 Å². The molecular formula is C19H12ClFN2O4. The minimum atomic E-state index is -0.700. The highest BCUT2D eigenvalue weighted by atomic mass is 35.5. The topological polar surface area (TPSA) is 78.2 Å². The first-order valence-electron chi connectivity index (χ1n) is 7.97. The van der Waals surface area contributed by atoms with Crippen molar-refractivity contribution in [2.24, 2.45) is 0 Å². The number of hydrogen-bond acceptors (Lipinski definition) is 5. The number of hydrogen-bond donors (Lipinski definition) is 0. The van der Waals surface area contributed by atoms with Crippen molar-refractivity contribution in [2.45, 2.75) is 13.5 Å². The van der Waals surface area contributed by atoms with Crippen LogP contribution in [0.15, 0.2) is 60.9 Å². The molecule has 8 heteroatoms. The van der Waals surface area contributed by atoms with E-state index in [0.717, 1.165) is 10.2 Å². The predicted octanol–water partition coefficient (Wildman–Crippen LogP) is 3.76. The van der Waals surface area contributed by atoms with Crippen LogP contribution in [-0.2, 0) is 6.54 Å². The first-order chi connectivity index (χ1) is 12.9. The van der Waals surface area contributed by atoms with Crippen molar-refractivity contribution in [3.05, 3.63) is 85.4 Å². The fourth-order valence-electron chi connectivity index (χ4n) is 2.76. The maximum atomic E-state index is 13.1. The SMILES string of the molecule is Cc1cc2oc(=O)cc(Cn3nc(-c4ccc(F)cc4)oc3=O)c2cc1Cl. The normalized spacial score (nSPS) is 11.2. The third kappa shape index (κ3) is 3.29. The van der Waals surface area contributed by atoms with E-state index in [1.54, 1.807) is 19.1 Å². The summed E-state index contributed by atoms with van der Waals surface area (Å²) in [5.74, 6) is -1.05. The summed E-state index contributed by atoms with van der Waals surface area (Å²) in [7, 11) is 0. The van der Waals surface area contributed by atoms with E-state index >= 15 is 0 Å². The molecule has 0 aliphatic heterocycles. The van der Waals surface area contributed by atoms with Gasteiger partial charge in [-0.2, -0.15) is 4.68 Å². The molecule has 0 radical (unpaired) electrons. The average molecular weight is 387 g/mol. The van der Waals surface area contributed by atoms with Gasteiger partial charge in [0, 0.05) is 22.0 Å². The molecule has 2 aromatic heterocycles. The van der Waals surface area contributed by atoms with Gasteiger partial charge in [-0.25, -0.2) is 14.0 Å². The summed E-state index contributed by atoms with van der Waals surface area (Å²) in [6.07, 6.45) is 0. The van der Waals surface area contributed by atoms with Gasteiger partial charge in [0.15, 0.2) is 0 Å². The fourth-order valence-corrected chi connectivity index (χ4v) is 2.92. The lowest BCUT2D eigenvalue weighted by atomic mass is 10.1. The minimum Gasteiger partial charge on any atom is -0.423 e. The molecule has 0 unspecified atom stereocenters. The maximum Gasteiger partial charge on any atom is 0.437 e. The van der Waals surface area contributed by atoms with Gasteiger partial charge in [0.1, 0.15) is 11.4 Å². The molecule has 0 aliphatic rings. The highest BCUT2D eigenvalue weighted by Crippen LogP contribution is 2.25. The molecule has 0 saturated carbocycles. The summed E-state index contributed by atoms with van der Waals surface area (Å²) in [4.78, 5) is 24.0. The number of aryl methyl sites for hydroxylation is 1.